The molecule has 0 saturated carbocycles. The number of amides is 2. The van der Waals surface area contributed by atoms with Gasteiger partial charge >= 0.3 is 0 Å². The highest BCUT2D eigenvalue weighted by Gasteiger charge is 2.47. The minimum absolute atomic E-state index is 0.315. The van der Waals surface area contributed by atoms with Crippen LogP contribution in [0.15, 0.2) is 58.7 Å². The van der Waals surface area contributed by atoms with Gasteiger partial charge in [-0.1, -0.05) is 47.5 Å². The van der Waals surface area contributed by atoms with E-state index in [4.69, 9.17) is 23.2 Å². The van der Waals surface area contributed by atoms with E-state index in [1.54, 1.807) is 76.5 Å². The molecule has 34 heavy (non-hydrogen) atoms. The van der Waals surface area contributed by atoms with E-state index in [9.17, 15) is 20.0 Å². The summed E-state index contributed by atoms with van der Waals surface area (Å²) < 4.78 is 0. The molecule has 10 nitrogen and oxygen atoms in total. The monoisotopic (exact) mass is 506 g/mol. The summed E-state index contributed by atoms with van der Waals surface area (Å²) in [5, 5.41) is 30.3. The summed E-state index contributed by atoms with van der Waals surface area (Å²) in [6, 6.07) is 13.8. The second kappa shape index (κ2) is 9.79. The highest BCUT2D eigenvalue weighted by molar-refractivity contribution is 6.31. The van der Waals surface area contributed by atoms with Crippen molar-refractivity contribution in [3.05, 3.63) is 69.7 Å². The van der Waals surface area contributed by atoms with Gasteiger partial charge in [-0.15, -0.1) is 0 Å². The van der Waals surface area contributed by atoms with E-state index < -0.39 is 11.1 Å². The van der Waals surface area contributed by atoms with Gasteiger partial charge in [0.25, 0.3) is 11.8 Å². The number of benzene rings is 2. The Morgan fingerprint density at radius 1 is 0.706 bits per heavy atom. The molecule has 4 rings (SSSR count). The van der Waals surface area contributed by atoms with Crippen molar-refractivity contribution in [1.82, 2.24) is 21.0 Å². The molecule has 0 spiro atoms. The molecule has 4 N–H and O–H groups in total. The first-order chi connectivity index (χ1) is 16.0. The van der Waals surface area contributed by atoms with E-state index in [0.29, 0.717) is 21.5 Å². The molecule has 2 aromatic rings. The van der Waals surface area contributed by atoms with Crippen LogP contribution in [0.5, 0.6) is 0 Å². The van der Waals surface area contributed by atoms with Crippen molar-refractivity contribution < 1.29 is 20.0 Å². The third-order valence-corrected chi connectivity index (χ3v) is 6.08. The standard InChI is InChI=1S/2C11H12ClN3O2/c2*1-11(14-17)9(13-15(2)10(11)16)7-3-5-8(12)6-4-7/h2*3-6,14,17H,1-2H3. The molecule has 2 atom stereocenters. The molecule has 2 aliphatic rings. The molecule has 0 saturated heterocycles. The van der Waals surface area contributed by atoms with E-state index in [1.807, 2.05) is 11.0 Å². The van der Waals surface area contributed by atoms with Crippen molar-refractivity contribution in [3.8, 4) is 0 Å². The number of likely N-dealkylation sites (N-methyl/N-ethyl adjacent to an activating group) is 2. The molecule has 2 aromatic carbocycles. The lowest BCUT2D eigenvalue weighted by molar-refractivity contribution is -0.135. The Balaban J connectivity index is 0.000000191. The molecule has 2 unspecified atom stereocenters. The number of hydroxylamine groups is 2. The van der Waals surface area contributed by atoms with Crippen molar-refractivity contribution in [2.45, 2.75) is 24.9 Å². The van der Waals surface area contributed by atoms with Crippen LogP contribution in [-0.2, 0) is 9.59 Å². The van der Waals surface area contributed by atoms with Gasteiger partial charge in [0.05, 0.1) is 11.4 Å². The van der Waals surface area contributed by atoms with Crippen LogP contribution in [0.25, 0.3) is 0 Å². The lowest BCUT2D eigenvalue weighted by atomic mass is 9.91. The summed E-state index contributed by atoms with van der Waals surface area (Å²) in [5.41, 5.74) is 4.01. The van der Waals surface area contributed by atoms with Crippen LogP contribution in [0, 0.1) is 0 Å². The molecule has 12 heteroatoms. The Labute approximate surface area is 206 Å². The molecule has 2 heterocycles. The molecule has 2 amide bonds. The lowest BCUT2D eigenvalue weighted by Gasteiger charge is -2.21. The highest BCUT2D eigenvalue weighted by atomic mass is 35.5. The lowest BCUT2D eigenvalue weighted by Crippen LogP contribution is -2.53. The Kier molecular flexibility index (Phi) is 7.41. The average molecular weight is 507 g/mol. The van der Waals surface area contributed by atoms with Crippen LogP contribution in [0.2, 0.25) is 10.0 Å². The largest absolute Gasteiger partial charge is 0.315 e. The molecule has 2 aliphatic heterocycles. The number of nitrogens with zero attached hydrogens (tertiary/aromatic N) is 4. The number of hydrogen-bond donors (Lipinski definition) is 4. The number of carbonyl (C=O) groups excluding carboxylic acids is 2. The average Bonchev–Trinajstić information content (AvgIpc) is 3.21. The van der Waals surface area contributed by atoms with Gasteiger partial charge in [-0.3, -0.25) is 9.59 Å². The van der Waals surface area contributed by atoms with Gasteiger partial charge in [-0.05, 0) is 38.1 Å². The van der Waals surface area contributed by atoms with E-state index >= 15 is 0 Å². The third kappa shape index (κ3) is 4.56. The summed E-state index contributed by atoms with van der Waals surface area (Å²) in [6.07, 6.45) is 0. The maximum absolute atomic E-state index is 11.9. The first kappa shape index (κ1) is 25.8. The molecule has 180 valence electrons. The fourth-order valence-corrected chi connectivity index (χ4v) is 3.80. The molecule has 0 fully saturated rings. The molecular formula is C22H24Cl2N6O4. The maximum atomic E-state index is 11.9. The summed E-state index contributed by atoms with van der Waals surface area (Å²) in [7, 11) is 3.09. The Bertz CT molecular complexity index is 1060. The van der Waals surface area contributed by atoms with Crippen LogP contribution in [0.3, 0.4) is 0 Å². The fourth-order valence-electron chi connectivity index (χ4n) is 3.55. The van der Waals surface area contributed by atoms with Crippen LogP contribution >= 0.6 is 23.2 Å². The SMILES string of the molecule is CN1N=C(c2ccc(Cl)cc2)C(C)(NO)C1=O.CN1N=C(c2ccc(Cl)cc2)C(C)(NO)C1=O. The van der Waals surface area contributed by atoms with Gasteiger partial charge < -0.3 is 10.4 Å². The fraction of sp³-hybridized carbons (Fsp3) is 0.273. The van der Waals surface area contributed by atoms with Crippen LogP contribution < -0.4 is 11.0 Å². The van der Waals surface area contributed by atoms with Gasteiger partial charge in [0, 0.05) is 35.3 Å². The number of halogens is 2. The van der Waals surface area contributed by atoms with Crippen LogP contribution in [0.4, 0.5) is 0 Å². The second-order valence-electron chi connectivity index (χ2n) is 8.04. The number of nitrogens with one attached hydrogen (secondary N) is 2. The van der Waals surface area contributed by atoms with Crippen molar-refractivity contribution in [2.75, 3.05) is 14.1 Å². The molecule has 0 radical (unpaired) electrons. The smallest absolute Gasteiger partial charge is 0.270 e. The van der Waals surface area contributed by atoms with Gasteiger partial charge in [0.15, 0.2) is 11.1 Å². The second-order valence-corrected chi connectivity index (χ2v) is 8.91. The highest BCUT2D eigenvalue weighted by Crippen LogP contribution is 2.25. The topological polar surface area (TPSA) is 130 Å². The minimum atomic E-state index is -1.22. The number of hydrazone groups is 2. The zero-order valence-electron chi connectivity index (χ0n) is 18.9. The number of hydrogen-bond acceptors (Lipinski definition) is 8. The van der Waals surface area contributed by atoms with Crippen LogP contribution in [0.1, 0.15) is 25.0 Å². The maximum Gasteiger partial charge on any atom is 0.270 e. The molecule has 0 aromatic heterocycles. The number of carbonyl (C=O) groups is 2. The van der Waals surface area contributed by atoms with Crippen LogP contribution in [-0.4, -0.2) is 68.8 Å². The predicted octanol–water partition coefficient (Wildman–Crippen LogP) is 2.51. The van der Waals surface area contributed by atoms with Gasteiger partial charge in [0.2, 0.25) is 0 Å². The van der Waals surface area contributed by atoms with E-state index in [2.05, 4.69) is 10.2 Å². The normalized spacial score (nSPS) is 24.1. The molecule has 0 aliphatic carbocycles. The predicted molar refractivity (Wildman–Crippen MR) is 128 cm³/mol. The van der Waals surface area contributed by atoms with E-state index in [1.165, 1.54) is 10.0 Å². The zero-order valence-corrected chi connectivity index (χ0v) is 20.4. The summed E-state index contributed by atoms with van der Waals surface area (Å²) in [4.78, 5) is 23.7. The van der Waals surface area contributed by atoms with E-state index in [0.717, 1.165) is 11.1 Å². The summed E-state index contributed by atoms with van der Waals surface area (Å²) in [6.45, 7) is 3.15. The van der Waals surface area contributed by atoms with Gasteiger partial charge in [-0.25, -0.2) is 10.0 Å². The first-order valence-corrected chi connectivity index (χ1v) is 10.8. The van der Waals surface area contributed by atoms with Crippen molar-refractivity contribution in [2.24, 2.45) is 10.2 Å². The third-order valence-electron chi connectivity index (χ3n) is 5.57. The van der Waals surface area contributed by atoms with Gasteiger partial charge in [0.1, 0.15) is 0 Å². The van der Waals surface area contributed by atoms with Gasteiger partial charge in [-0.2, -0.15) is 21.2 Å². The van der Waals surface area contributed by atoms with Crippen molar-refractivity contribution in [3.63, 3.8) is 0 Å². The van der Waals surface area contributed by atoms with Crippen molar-refractivity contribution >= 4 is 46.4 Å². The molecule has 0 bridgehead atoms. The quantitative estimate of drug-likeness (QED) is 0.471. The summed E-state index contributed by atoms with van der Waals surface area (Å²) in [5.74, 6) is -0.630. The van der Waals surface area contributed by atoms with E-state index in [-0.39, 0.29) is 11.8 Å². The minimum Gasteiger partial charge on any atom is -0.315 e. The zero-order chi connectivity index (χ0) is 25.3. The summed E-state index contributed by atoms with van der Waals surface area (Å²) >= 11 is 11.6. The number of rotatable bonds is 4. The molecular weight excluding hydrogens is 483 g/mol. The van der Waals surface area contributed by atoms with Crippen molar-refractivity contribution in [1.29, 1.82) is 0 Å². The Morgan fingerprint density at radius 3 is 1.26 bits per heavy atom. The first-order valence-electron chi connectivity index (χ1n) is 10.1. The Hall–Kier alpha value is -2.86. The Morgan fingerprint density at radius 2 is 1.00 bits per heavy atom.